The fourth-order valence-electron chi connectivity index (χ4n) is 10.1. The van der Waals surface area contributed by atoms with Crippen LogP contribution in [0.4, 0.5) is 4.79 Å². The average molecular weight is 835 g/mol. The Labute approximate surface area is 347 Å². The molecule has 4 aliphatic rings. The van der Waals surface area contributed by atoms with Gasteiger partial charge >= 0.3 is 24.0 Å². The molecule has 2 aromatic rings. The van der Waals surface area contributed by atoms with E-state index in [1.165, 1.54) is 44.7 Å². The van der Waals surface area contributed by atoms with E-state index in [0.717, 1.165) is 6.92 Å². The van der Waals surface area contributed by atoms with Gasteiger partial charge in [-0.05, 0) is 69.9 Å². The minimum Gasteiger partial charge on any atom is -0.456 e. The van der Waals surface area contributed by atoms with Gasteiger partial charge in [0.25, 0.3) is 0 Å². The van der Waals surface area contributed by atoms with E-state index in [1.807, 2.05) is 0 Å². The van der Waals surface area contributed by atoms with Crippen LogP contribution in [0.1, 0.15) is 90.2 Å². The van der Waals surface area contributed by atoms with Crippen LogP contribution < -0.4 is 5.32 Å². The predicted molar refractivity (Wildman–Crippen MR) is 210 cm³/mol. The highest BCUT2D eigenvalue weighted by atomic mass is 16.6. The summed E-state index contributed by atoms with van der Waals surface area (Å²) in [5.41, 5.74) is -8.57. The minimum absolute atomic E-state index is 0.0462. The normalized spacial score (nSPS) is 32.9. The van der Waals surface area contributed by atoms with E-state index in [-0.39, 0.29) is 29.7 Å². The zero-order valence-corrected chi connectivity index (χ0v) is 34.9. The third-order valence-corrected chi connectivity index (χ3v) is 13.1. The Hall–Kier alpha value is -5.16. The van der Waals surface area contributed by atoms with Gasteiger partial charge < -0.3 is 49.6 Å². The molecule has 1 heterocycles. The number of benzene rings is 2. The Morgan fingerprint density at radius 2 is 1.57 bits per heavy atom. The number of hydrogen-bond donors (Lipinski definition) is 5. The molecule has 6 rings (SSSR count). The SMILES string of the molecule is CC(=O)O[C@@]12CN(C=O)[C@@H]1C[C@H](O)[C@@]1(C)C(=O)[C@H](O)C3=C(C)[C@@H](OC(=O)[C@H](O)[C@@H](NC(=O)OC(C)(C)C)c4ccccc4)C[C@@](O)([C@@H](OC(=O)c4ccccc4)[C@H]21)C3(C)C. The van der Waals surface area contributed by atoms with Gasteiger partial charge in [-0.1, -0.05) is 62.4 Å². The van der Waals surface area contributed by atoms with E-state index >= 15 is 4.79 Å². The molecular formula is C44H54N2O14. The third-order valence-electron chi connectivity index (χ3n) is 13.1. The van der Waals surface area contributed by atoms with E-state index in [2.05, 4.69) is 5.32 Å². The monoisotopic (exact) mass is 834 g/mol. The highest BCUT2D eigenvalue weighted by molar-refractivity contribution is 5.94. The minimum atomic E-state index is -2.42. The first-order chi connectivity index (χ1) is 27.9. The van der Waals surface area contributed by atoms with E-state index in [1.54, 1.807) is 69.3 Å². The summed E-state index contributed by atoms with van der Waals surface area (Å²) >= 11 is 0. The lowest BCUT2D eigenvalue weighted by atomic mass is 9.43. The van der Waals surface area contributed by atoms with Crippen molar-refractivity contribution in [2.24, 2.45) is 16.7 Å². The van der Waals surface area contributed by atoms with Gasteiger partial charge in [0.15, 0.2) is 17.5 Å². The second kappa shape index (κ2) is 15.7. The molecule has 2 amide bonds. The lowest BCUT2D eigenvalue weighted by Gasteiger charge is -2.69. The number of fused-ring (bicyclic) bond motifs is 5. The Bertz CT molecular complexity index is 2070. The molecule has 2 saturated carbocycles. The molecule has 60 heavy (non-hydrogen) atoms. The molecule has 5 N–H and O–H groups in total. The second-order valence-corrected chi connectivity index (χ2v) is 18.1. The lowest BCUT2D eigenvalue weighted by molar-refractivity contribution is -0.302. The van der Waals surface area contributed by atoms with Crippen molar-refractivity contribution in [1.29, 1.82) is 0 Å². The Morgan fingerprint density at radius 1 is 0.967 bits per heavy atom. The van der Waals surface area contributed by atoms with Crippen LogP contribution in [-0.2, 0) is 38.1 Å². The number of ether oxygens (including phenoxy) is 4. The number of rotatable bonds is 9. The summed E-state index contributed by atoms with van der Waals surface area (Å²) in [5.74, 6) is -5.63. The van der Waals surface area contributed by atoms with E-state index < -0.39 is 112 Å². The van der Waals surface area contributed by atoms with Gasteiger partial charge in [-0.25, -0.2) is 14.4 Å². The van der Waals surface area contributed by atoms with Crippen LogP contribution in [0.25, 0.3) is 0 Å². The van der Waals surface area contributed by atoms with Crippen molar-refractivity contribution < 1.29 is 68.1 Å². The van der Waals surface area contributed by atoms with Crippen molar-refractivity contribution in [1.82, 2.24) is 10.2 Å². The largest absolute Gasteiger partial charge is 0.456 e. The van der Waals surface area contributed by atoms with E-state index in [9.17, 15) is 44.4 Å². The summed E-state index contributed by atoms with van der Waals surface area (Å²) in [6, 6.07) is 13.4. The number of carbonyl (C=O) groups excluding carboxylic acids is 6. The first kappa shape index (κ1) is 44.4. The van der Waals surface area contributed by atoms with Crippen LogP contribution in [0.2, 0.25) is 0 Å². The van der Waals surface area contributed by atoms with Crippen LogP contribution in [-0.4, -0.2) is 121 Å². The lowest BCUT2D eigenvalue weighted by Crippen LogP contribution is -2.85. The summed E-state index contributed by atoms with van der Waals surface area (Å²) in [4.78, 5) is 82.9. The molecule has 11 atom stereocenters. The molecule has 1 saturated heterocycles. The predicted octanol–water partition coefficient (Wildman–Crippen LogP) is 2.70. The van der Waals surface area contributed by atoms with Crippen LogP contribution >= 0.6 is 0 Å². The van der Waals surface area contributed by atoms with Gasteiger partial charge in [-0.2, -0.15) is 0 Å². The zero-order valence-electron chi connectivity index (χ0n) is 34.9. The number of Topliss-reactive ketones (excluding diaryl/α,β-unsaturated/α-hetero) is 1. The summed E-state index contributed by atoms with van der Waals surface area (Å²) in [6.07, 6.45) is -10.4. The standard InChI is InChI=1S/C44H54N2O14/c1-23-27(57-38(54)33(51)31(25-15-11-9-12-16-25)45-39(55)60-40(3,4)5)20-44(56)36(58-37(53)26-17-13-10-14-18-26)34-42(8,35(52)32(50)30(23)41(44,6)7)29(49)19-28-43(34,59-24(2)48)21-46(28)22-47/h9-18,22,27-29,31-34,36,49-51,56H,19-21H2,1-8H3,(H,45,55)/t27-,28+,29-,31-,32+,33+,34-,36-,42+,43-,44+/m0/s1. The molecule has 0 aromatic heterocycles. The van der Waals surface area contributed by atoms with Gasteiger partial charge in [-0.15, -0.1) is 0 Å². The topological polar surface area (TPSA) is 236 Å². The first-order valence-electron chi connectivity index (χ1n) is 19.9. The van der Waals surface area contributed by atoms with Crippen LogP contribution in [0.5, 0.6) is 0 Å². The molecule has 1 aliphatic heterocycles. The molecule has 2 bridgehead atoms. The maximum absolute atomic E-state index is 15.1. The highest BCUT2D eigenvalue weighted by Gasteiger charge is 2.78. The molecule has 324 valence electrons. The number of amides is 2. The Morgan fingerprint density at radius 3 is 2.13 bits per heavy atom. The summed E-state index contributed by atoms with van der Waals surface area (Å²) in [7, 11) is 0. The number of nitrogens with one attached hydrogen (secondary N) is 1. The number of aliphatic hydroxyl groups is 4. The van der Waals surface area contributed by atoms with Crippen molar-refractivity contribution in [3.05, 3.63) is 82.9 Å². The molecule has 0 radical (unpaired) electrons. The van der Waals surface area contributed by atoms with Crippen molar-refractivity contribution in [3.63, 3.8) is 0 Å². The second-order valence-electron chi connectivity index (χ2n) is 18.1. The summed E-state index contributed by atoms with van der Waals surface area (Å²) in [6.45, 7) is 11.6. The Balaban J connectivity index is 1.51. The molecule has 2 aromatic carbocycles. The number of esters is 3. The number of alkyl carbamates (subject to hydrolysis) is 1. The quantitative estimate of drug-likeness (QED) is 0.106. The van der Waals surface area contributed by atoms with Gasteiger partial charge in [0.05, 0.1) is 41.6 Å². The molecular weight excluding hydrogens is 780 g/mol. The number of aliphatic hydroxyl groups excluding tert-OH is 3. The average Bonchev–Trinajstić information content (AvgIpc) is 3.17. The summed E-state index contributed by atoms with van der Waals surface area (Å²) < 4.78 is 23.8. The van der Waals surface area contributed by atoms with Gasteiger partial charge in [0.2, 0.25) is 6.41 Å². The maximum Gasteiger partial charge on any atom is 0.408 e. The van der Waals surface area contributed by atoms with Crippen molar-refractivity contribution >= 4 is 36.2 Å². The van der Waals surface area contributed by atoms with E-state index in [4.69, 9.17) is 18.9 Å². The van der Waals surface area contributed by atoms with Crippen molar-refractivity contribution in [3.8, 4) is 0 Å². The number of ketones is 1. The smallest absolute Gasteiger partial charge is 0.408 e. The van der Waals surface area contributed by atoms with Crippen molar-refractivity contribution in [2.45, 2.75) is 128 Å². The van der Waals surface area contributed by atoms with Crippen molar-refractivity contribution in [2.75, 3.05) is 6.54 Å². The molecule has 3 aliphatic carbocycles. The summed E-state index contributed by atoms with van der Waals surface area (Å²) in [5, 5.41) is 51.9. The third kappa shape index (κ3) is 7.26. The maximum atomic E-state index is 15.1. The van der Waals surface area contributed by atoms with Crippen LogP contribution in [0, 0.1) is 16.7 Å². The zero-order chi connectivity index (χ0) is 44.3. The fourth-order valence-corrected chi connectivity index (χ4v) is 10.1. The number of likely N-dealkylation sites (tertiary alicyclic amines) is 1. The molecule has 16 heteroatoms. The van der Waals surface area contributed by atoms with Crippen LogP contribution in [0.3, 0.4) is 0 Å². The van der Waals surface area contributed by atoms with Gasteiger partial charge in [0.1, 0.15) is 29.5 Å². The van der Waals surface area contributed by atoms with Crippen LogP contribution in [0.15, 0.2) is 71.8 Å². The molecule has 0 unspecified atom stereocenters. The first-order valence-corrected chi connectivity index (χ1v) is 19.9. The number of nitrogens with zero attached hydrogens (tertiary/aromatic N) is 1. The molecule has 3 fully saturated rings. The molecule has 16 nitrogen and oxygen atoms in total. The Kier molecular flexibility index (Phi) is 11.6. The number of carbonyl (C=O) groups is 6. The highest BCUT2D eigenvalue weighted by Crippen LogP contribution is 2.64. The van der Waals surface area contributed by atoms with Gasteiger partial charge in [0, 0.05) is 18.8 Å². The fraction of sp³-hybridized carbons (Fsp3) is 0.545. The van der Waals surface area contributed by atoms with Gasteiger partial charge in [-0.3, -0.25) is 14.4 Å². The molecule has 0 spiro atoms. The van der Waals surface area contributed by atoms with E-state index in [0.29, 0.717) is 12.0 Å². The number of hydrogen-bond acceptors (Lipinski definition) is 14.